The number of carbonyl (C=O) groups excluding carboxylic acids is 1. The van der Waals surface area contributed by atoms with Crippen LogP contribution < -0.4 is 11.5 Å². The Bertz CT molecular complexity index is 282. The van der Waals surface area contributed by atoms with Crippen molar-refractivity contribution in [3.05, 3.63) is 0 Å². The van der Waals surface area contributed by atoms with Gasteiger partial charge in [-0.25, -0.2) is 0 Å². The monoisotopic (exact) mass is 272 g/mol. The fraction of sp³-hybridized carbons (Fsp3) is 0.929. The zero-order valence-corrected chi connectivity index (χ0v) is 12.2. The lowest BCUT2D eigenvalue weighted by Gasteiger charge is -2.28. The van der Waals surface area contributed by atoms with Crippen molar-refractivity contribution in [2.45, 2.75) is 69.6 Å². The average Bonchev–Trinajstić information content (AvgIpc) is 2.38. The first-order valence-corrected chi connectivity index (χ1v) is 7.19. The van der Waals surface area contributed by atoms with Gasteiger partial charge in [0.25, 0.3) is 0 Å². The summed E-state index contributed by atoms with van der Waals surface area (Å²) in [6, 6.07) is 0. The van der Waals surface area contributed by atoms with Crippen LogP contribution >= 0.6 is 0 Å². The van der Waals surface area contributed by atoms with Crippen LogP contribution in [-0.2, 0) is 14.3 Å². The lowest BCUT2D eigenvalue weighted by atomic mass is 9.94. The van der Waals surface area contributed by atoms with Gasteiger partial charge < -0.3 is 20.9 Å². The zero-order valence-electron chi connectivity index (χ0n) is 12.2. The maximum atomic E-state index is 11.1. The van der Waals surface area contributed by atoms with E-state index < -0.39 is 11.4 Å². The number of rotatable bonds is 8. The summed E-state index contributed by atoms with van der Waals surface area (Å²) in [5.74, 6) is -0.441. The molecule has 112 valence electrons. The number of nitrogens with two attached hydrogens (primary N) is 2. The molecule has 1 amide bonds. The van der Waals surface area contributed by atoms with Crippen molar-refractivity contribution in [3.8, 4) is 0 Å². The number of ether oxygens (including phenoxy) is 2. The van der Waals surface area contributed by atoms with Crippen LogP contribution in [0.4, 0.5) is 0 Å². The summed E-state index contributed by atoms with van der Waals surface area (Å²) >= 11 is 0. The second kappa shape index (κ2) is 7.82. The van der Waals surface area contributed by atoms with Gasteiger partial charge in [0, 0.05) is 13.7 Å². The van der Waals surface area contributed by atoms with E-state index in [0.717, 1.165) is 38.7 Å². The van der Waals surface area contributed by atoms with Crippen LogP contribution in [0.3, 0.4) is 0 Å². The minimum absolute atomic E-state index is 0.319. The Balaban J connectivity index is 2.09. The van der Waals surface area contributed by atoms with Gasteiger partial charge in [0.15, 0.2) is 0 Å². The Kier molecular flexibility index (Phi) is 6.75. The van der Waals surface area contributed by atoms with Gasteiger partial charge in [-0.3, -0.25) is 4.79 Å². The number of methoxy groups -OCH3 is 1. The van der Waals surface area contributed by atoms with Gasteiger partial charge in [0.2, 0.25) is 5.91 Å². The Morgan fingerprint density at radius 2 is 2.00 bits per heavy atom. The molecule has 1 aliphatic rings. The molecule has 0 aromatic rings. The normalized spacial score (nSPS) is 26.9. The molecule has 0 heterocycles. The van der Waals surface area contributed by atoms with Crippen LogP contribution in [0, 0.1) is 0 Å². The largest absolute Gasteiger partial charge is 0.381 e. The first-order valence-electron chi connectivity index (χ1n) is 7.19. The molecule has 0 bridgehead atoms. The number of carbonyl (C=O) groups is 1. The molecule has 0 aromatic carbocycles. The molecule has 1 fully saturated rings. The Hall–Kier alpha value is -0.650. The van der Waals surface area contributed by atoms with Crippen molar-refractivity contribution < 1.29 is 14.3 Å². The van der Waals surface area contributed by atoms with E-state index in [4.69, 9.17) is 20.9 Å². The summed E-state index contributed by atoms with van der Waals surface area (Å²) in [4.78, 5) is 11.1. The molecule has 5 heteroatoms. The molecule has 0 aliphatic heterocycles. The highest BCUT2D eigenvalue weighted by atomic mass is 16.5. The van der Waals surface area contributed by atoms with Gasteiger partial charge in [0.05, 0.1) is 17.7 Å². The lowest BCUT2D eigenvalue weighted by Crippen LogP contribution is -2.49. The van der Waals surface area contributed by atoms with Crippen LogP contribution in [0.15, 0.2) is 0 Å². The molecule has 3 unspecified atom stereocenters. The first-order chi connectivity index (χ1) is 8.95. The van der Waals surface area contributed by atoms with E-state index in [1.165, 1.54) is 6.42 Å². The van der Waals surface area contributed by atoms with E-state index in [1.54, 1.807) is 14.0 Å². The molecule has 0 radical (unpaired) electrons. The quantitative estimate of drug-likeness (QED) is 0.653. The third kappa shape index (κ3) is 5.89. The van der Waals surface area contributed by atoms with Gasteiger partial charge in [-0.05, 0) is 51.9 Å². The predicted molar refractivity (Wildman–Crippen MR) is 74.6 cm³/mol. The van der Waals surface area contributed by atoms with E-state index in [0.29, 0.717) is 18.6 Å². The van der Waals surface area contributed by atoms with E-state index in [1.807, 2.05) is 0 Å². The molecule has 4 N–H and O–H groups in total. The van der Waals surface area contributed by atoms with Crippen molar-refractivity contribution in [3.63, 3.8) is 0 Å². The van der Waals surface area contributed by atoms with Crippen molar-refractivity contribution in [2.24, 2.45) is 11.5 Å². The molecule has 0 aromatic heterocycles. The SMILES string of the molecule is COC1CCCC(OCCCCC(C)(N)C(N)=O)C1. The van der Waals surface area contributed by atoms with Crippen molar-refractivity contribution in [1.82, 2.24) is 0 Å². The van der Waals surface area contributed by atoms with Crippen LogP contribution in [0.5, 0.6) is 0 Å². The smallest absolute Gasteiger partial charge is 0.237 e. The van der Waals surface area contributed by atoms with Gasteiger partial charge in [-0.1, -0.05) is 0 Å². The maximum Gasteiger partial charge on any atom is 0.237 e. The van der Waals surface area contributed by atoms with Crippen LogP contribution in [0.25, 0.3) is 0 Å². The lowest BCUT2D eigenvalue weighted by molar-refractivity contribution is -0.122. The zero-order chi connectivity index (χ0) is 14.3. The number of primary amides is 1. The molecule has 1 rings (SSSR count). The second-order valence-electron chi connectivity index (χ2n) is 5.76. The molecular formula is C14H28N2O3. The summed E-state index contributed by atoms with van der Waals surface area (Å²) in [5.41, 5.74) is 10.1. The highest BCUT2D eigenvalue weighted by Gasteiger charge is 2.25. The highest BCUT2D eigenvalue weighted by Crippen LogP contribution is 2.23. The van der Waals surface area contributed by atoms with Gasteiger partial charge in [0.1, 0.15) is 0 Å². The summed E-state index contributed by atoms with van der Waals surface area (Å²) in [7, 11) is 1.76. The molecule has 5 nitrogen and oxygen atoms in total. The third-order valence-corrected chi connectivity index (χ3v) is 3.92. The topological polar surface area (TPSA) is 87.6 Å². The number of amides is 1. The van der Waals surface area contributed by atoms with Gasteiger partial charge in [-0.2, -0.15) is 0 Å². The molecule has 19 heavy (non-hydrogen) atoms. The minimum atomic E-state index is -0.897. The molecule has 0 spiro atoms. The fourth-order valence-corrected chi connectivity index (χ4v) is 2.44. The van der Waals surface area contributed by atoms with Crippen molar-refractivity contribution >= 4 is 5.91 Å². The minimum Gasteiger partial charge on any atom is -0.381 e. The van der Waals surface area contributed by atoms with E-state index in [2.05, 4.69) is 0 Å². The van der Waals surface area contributed by atoms with E-state index in [-0.39, 0.29) is 0 Å². The summed E-state index contributed by atoms with van der Waals surface area (Å²) in [6.45, 7) is 2.40. The number of hydrogen-bond donors (Lipinski definition) is 2. The Morgan fingerprint density at radius 1 is 1.32 bits per heavy atom. The van der Waals surface area contributed by atoms with Crippen LogP contribution in [0.1, 0.15) is 51.9 Å². The second-order valence-corrected chi connectivity index (χ2v) is 5.76. The van der Waals surface area contributed by atoms with E-state index >= 15 is 0 Å². The maximum absolute atomic E-state index is 11.1. The predicted octanol–water partition coefficient (Wildman–Crippen LogP) is 1.33. The Labute approximate surface area is 116 Å². The summed E-state index contributed by atoms with van der Waals surface area (Å²) < 4.78 is 11.2. The number of unbranched alkanes of at least 4 members (excludes halogenated alkanes) is 1. The molecular weight excluding hydrogens is 244 g/mol. The van der Waals surface area contributed by atoms with Crippen molar-refractivity contribution in [2.75, 3.05) is 13.7 Å². The Morgan fingerprint density at radius 3 is 2.63 bits per heavy atom. The van der Waals surface area contributed by atoms with Crippen molar-refractivity contribution in [1.29, 1.82) is 0 Å². The van der Waals surface area contributed by atoms with Crippen LogP contribution in [-0.4, -0.2) is 37.4 Å². The third-order valence-electron chi connectivity index (χ3n) is 3.92. The fourth-order valence-electron chi connectivity index (χ4n) is 2.44. The van der Waals surface area contributed by atoms with E-state index in [9.17, 15) is 4.79 Å². The highest BCUT2D eigenvalue weighted by molar-refractivity contribution is 5.83. The molecule has 1 aliphatic carbocycles. The van der Waals surface area contributed by atoms with Gasteiger partial charge in [-0.15, -0.1) is 0 Å². The molecule has 3 atom stereocenters. The molecule has 1 saturated carbocycles. The first kappa shape index (κ1) is 16.4. The van der Waals surface area contributed by atoms with Gasteiger partial charge >= 0.3 is 0 Å². The average molecular weight is 272 g/mol. The number of hydrogen-bond acceptors (Lipinski definition) is 4. The standard InChI is InChI=1S/C14H28N2O3/c1-14(16,13(15)17)8-3-4-9-19-12-7-5-6-11(10-12)18-2/h11-12H,3-10,16H2,1-2H3,(H2,15,17). The summed E-state index contributed by atoms with van der Waals surface area (Å²) in [6.07, 6.45) is 7.47. The van der Waals surface area contributed by atoms with Crippen LogP contribution in [0.2, 0.25) is 0 Å². The molecule has 0 saturated heterocycles. The summed E-state index contributed by atoms with van der Waals surface area (Å²) in [5, 5.41) is 0.